The van der Waals surface area contributed by atoms with E-state index in [4.69, 9.17) is 4.74 Å². The lowest BCUT2D eigenvalue weighted by Gasteiger charge is -2.19. The second kappa shape index (κ2) is 7.50. The molecule has 0 fully saturated rings. The van der Waals surface area contributed by atoms with Gasteiger partial charge in [-0.05, 0) is 31.0 Å². The SMILES string of the molecule is CC[C@H](NC(=O)Nc1ccccc1OC)c1ccc(C)cc1. The molecule has 0 aliphatic rings. The molecule has 0 aromatic heterocycles. The van der Waals surface area contributed by atoms with Crippen LogP contribution in [-0.4, -0.2) is 13.1 Å². The van der Waals surface area contributed by atoms with Crippen molar-refractivity contribution >= 4 is 11.7 Å². The highest BCUT2D eigenvalue weighted by molar-refractivity contribution is 5.91. The number of urea groups is 1. The molecule has 0 aliphatic carbocycles. The minimum absolute atomic E-state index is 0.0182. The molecule has 0 aliphatic heterocycles. The van der Waals surface area contributed by atoms with Crippen LogP contribution in [0.5, 0.6) is 5.75 Å². The molecule has 2 amide bonds. The Labute approximate surface area is 131 Å². The number of nitrogens with one attached hydrogen (secondary N) is 2. The van der Waals surface area contributed by atoms with Crippen molar-refractivity contribution in [1.29, 1.82) is 0 Å². The van der Waals surface area contributed by atoms with Crippen molar-refractivity contribution in [2.45, 2.75) is 26.3 Å². The van der Waals surface area contributed by atoms with E-state index in [9.17, 15) is 4.79 Å². The van der Waals surface area contributed by atoms with Gasteiger partial charge in [0.25, 0.3) is 0 Å². The first-order chi connectivity index (χ1) is 10.6. The summed E-state index contributed by atoms with van der Waals surface area (Å²) in [4.78, 5) is 12.2. The molecule has 2 aromatic rings. The van der Waals surface area contributed by atoms with Crippen molar-refractivity contribution in [3.05, 3.63) is 59.7 Å². The number of hydrogen-bond acceptors (Lipinski definition) is 2. The maximum atomic E-state index is 12.2. The summed E-state index contributed by atoms with van der Waals surface area (Å²) in [5.74, 6) is 0.640. The minimum Gasteiger partial charge on any atom is -0.495 e. The van der Waals surface area contributed by atoms with E-state index < -0.39 is 0 Å². The molecule has 0 radical (unpaired) electrons. The Morgan fingerprint density at radius 1 is 1.14 bits per heavy atom. The first-order valence-corrected chi connectivity index (χ1v) is 7.41. The zero-order chi connectivity index (χ0) is 15.9. The molecule has 1 atom stereocenters. The Bertz CT molecular complexity index is 623. The number of para-hydroxylation sites is 2. The molecular weight excluding hydrogens is 276 g/mol. The maximum absolute atomic E-state index is 12.2. The Morgan fingerprint density at radius 3 is 2.45 bits per heavy atom. The predicted octanol–water partition coefficient (Wildman–Crippen LogP) is 4.28. The maximum Gasteiger partial charge on any atom is 0.319 e. The molecule has 4 heteroatoms. The number of anilines is 1. The first-order valence-electron chi connectivity index (χ1n) is 7.41. The van der Waals surface area contributed by atoms with Gasteiger partial charge < -0.3 is 15.4 Å². The van der Waals surface area contributed by atoms with Crippen LogP contribution < -0.4 is 15.4 Å². The van der Waals surface area contributed by atoms with Crippen LogP contribution in [0.2, 0.25) is 0 Å². The first kappa shape index (κ1) is 15.9. The standard InChI is InChI=1S/C18H22N2O2/c1-4-15(14-11-9-13(2)10-12-14)19-18(21)20-16-7-5-6-8-17(16)22-3/h5-12,15H,4H2,1-3H3,(H2,19,20,21)/t15-/m0/s1. The third kappa shape index (κ3) is 4.01. The average molecular weight is 298 g/mol. The minimum atomic E-state index is -0.239. The summed E-state index contributed by atoms with van der Waals surface area (Å²) < 4.78 is 5.23. The molecule has 0 heterocycles. The molecule has 4 nitrogen and oxygen atoms in total. The lowest BCUT2D eigenvalue weighted by atomic mass is 10.0. The number of benzene rings is 2. The highest BCUT2D eigenvalue weighted by atomic mass is 16.5. The zero-order valence-corrected chi connectivity index (χ0v) is 13.2. The van der Waals surface area contributed by atoms with E-state index in [1.165, 1.54) is 5.56 Å². The van der Waals surface area contributed by atoms with Gasteiger partial charge in [0, 0.05) is 0 Å². The number of aryl methyl sites for hydroxylation is 1. The summed E-state index contributed by atoms with van der Waals surface area (Å²) in [5, 5.41) is 5.83. The fraction of sp³-hybridized carbons (Fsp3) is 0.278. The molecule has 0 bridgehead atoms. The topological polar surface area (TPSA) is 50.4 Å². The van der Waals surface area contributed by atoms with E-state index in [1.54, 1.807) is 7.11 Å². The highest BCUT2D eigenvalue weighted by Gasteiger charge is 2.13. The van der Waals surface area contributed by atoms with E-state index in [0.717, 1.165) is 12.0 Å². The third-order valence-electron chi connectivity index (χ3n) is 3.55. The van der Waals surface area contributed by atoms with Gasteiger partial charge in [0.1, 0.15) is 5.75 Å². The van der Waals surface area contributed by atoms with Gasteiger partial charge in [-0.15, -0.1) is 0 Å². The van der Waals surface area contributed by atoms with Crippen LogP contribution >= 0.6 is 0 Å². The van der Waals surface area contributed by atoms with Gasteiger partial charge in [-0.3, -0.25) is 0 Å². The van der Waals surface area contributed by atoms with E-state index in [2.05, 4.69) is 22.8 Å². The lowest BCUT2D eigenvalue weighted by Crippen LogP contribution is -2.32. The monoisotopic (exact) mass is 298 g/mol. The Balaban J connectivity index is 2.05. The molecule has 116 valence electrons. The lowest BCUT2D eigenvalue weighted by molar-refractivity contribution is 0.248. The van der Waals surface area contributed by atoms with E-state index in [-0.39, 0.29) is 12.1 Å². The van der Waals surface area contributed by atoms with Gasteiger partial charge in [-0.25, -0.2) is 4.79 Å². The summed E-state index contributed by atoms with van der Waals surface area (Å²) in [6.45, 7) is 4.10. The van der Waals surface area contributed by atoms with Gasteiger partial charge in [0.15, 0.2) is 0 Å². The van der Waals surface area contributed by atoms with E-state index in [1.807, 2.05) is 50.2 Å². The number of carbonyl (C=O) groups is 1. The third-order valence-corrected chi connectivity index (χ3v) is 3.55. The molecule has 0 saturated heterocycles. The normalized spacial score (nSPS) is 11.6. The van der Waals surface area contributed by atoms with Crippen LogP contribution in [0.1, 0.15) is 30.5 Å². The van der Waals surface area contributed by atoms with Crippen LogP contribution in [0, 0.1) is 6.92 Å². The van der Waals surface area contributed by atoms with Crippen molar-refractivity contribution in [2.75, 3.05) is 12.4 Å². The zero-order valence-electron chi connectivity index (χ0n) is 13.2. The average Bonchev–Trinajstić information content (AvgIpc) is 2.54. The molecular formula is C18H22N2O2. The molecule has 0 spiro atoms. The van der Waals surface area contributed by atoms with Crippen molar-refractivity contribution in [3.63, 3.8) is 0 Å². The molecule has 0 saturated carbocycles. The summed E-state index contributed by atoms with van der Waals surface area (Å²) in [5.41, 5.74) is 2.96. The quantitative estimate of drug-likeness (QED) is 0.865. The number of hydrogen-bond donors (Lipinski definition) is 2. The van der Waals surface area contributed by atoms with Crippen LogP contribution in [0.4, 0.5) is 10.5 Å². The van der Waals surface area contributed by atoms with Gasteiger partial charge in [-0.1, -0.05) is 48.9 Å². The van der Waals surface area contributed by atoms with Crippen LogP contribution in [-0.2, 0) is 0 Å². The fourth-order valence-corrected chi connectivity index (χ4v) is 2.28. The van der Waals surface area contributed by atoms with Crippen LogP contribution in [0.3, 0.4) is 0 Å². The second-order valence-electron chi connectivity index (χ2n) is 5.17. The smallest absolute Gasteiger partial charge is 0.319 e. The van der Waals surface area contributed by atoms with E-state index >= 15 is 0 Å². The van der Waals surface area contributed by atoms with Crippen molar-refractivity contribution in [2.24, 2.45) is 0 Å². The van der Waals surface area contributed by atoms with Gasteiger partial charge >= 0.3 is 6.03 Å². The van der Waals surface area contributed by atoms with Gasteiger partial charge in [0.05, 0.1) is 18.8 Å². The van der Waals surface area contributed by atoms with Gasteiger partial charge in [0.2, 0.25) is 0 Å². The predicted molar refractivity (Wildman–Crippen MR) is 89.4 cm³/mol. The summed E-state index contributed by atoms with van der Waals surface area (Å²) >= 11 is 0. The summed E-state index contributed by atoms with van der Waals surface area (Å²) in [7, 11) is 1.58. The fourth-order valence-electron chi connectivity index (χ4n) is 2.28. The second-order valence-corrected chi connectivity index (χ2v) is 5.17. The van der Waals surface area contributed by atoms with Crippen LogP contribution in [0.25, 0.3) is 0 Å². The number of amides is 2. The Hall–Kier alpha value is -2.49. The van der Waals surface area contributed by atoms with E-state index in [0.29, 0.717) is 11.4 Å². The molecule has 22 heavy (non-hydrogen) atoms. The number of carbonyl (C=O) groups excluding carboxylic acids is 1. The number of ether oxygens (including phenoxy) is 1. The summed E-state index contributed by atoms with van der Waals surface area (Å²) in [6.07, 6.45) is 0.822. The largest absolute Gasteiger partial charge is 0.495 e. The molecule has 0 unspecified atom stereocenters. The Morgan fingerprint density at radius 2 is 1.82 bits per heavy atom. The highest BCUT2D eigenvalue weighted by Crippen LogP contribution is 2.23. The molecule has 2 aromatic carbocycles. The molecule has 2 N–H and O–H groups in total. The van der Waals surface area contributed by atoms with Gasteiger partial charge in [-0.2, -0.15) is 0 Å². The Kier molecular flexibility index (Phi) is 5.42. The number of rotatable bonds is 5. The molecule has 2 rings (SSSR count). The van der Waals surface area contributed by atoms with Crippen molar-refractivity contribution < 1.29 is 9.53 Å². The number of methoxy groups -OCH3 is 1. The summed E-state index contributed by atoms with van der Waals surface area (Å²) in [6, 6.07) is 15.3. The van der Waals surface area contributed by atoms with Crippen LogP contribution in [0.15, 0.2) is 48.5 Å². The van der Waals surface area contributed by atoms with Crippen molar-refractivity contribution in [1.82, 2.24) is 5.32 Å². The van der Waals surface area contributed by atoms with Crippen molar-refractivity contribution in [3.8, 4) is 5.75 Å².